The Kier molecular flexibility index (Phi) is 6.78. The van der Waals surface area contributed by atoms with Crippen LogP contribution in [0.5, 0.6) is 0 Å². The van der Waals surface area contributed by atoms with Crippen molar-refractivity contribution in [2.45, 2.75) is 0 Å². The van der Waals surface area contributed by atoms with Crippen molar-refractivity contribution in [2.24, 2.45) is 5.73 Å². The van der Waals surface area contributed by atoms with Crippen LogP contribution in [0, 0.1) is 11.8 Å². The van der Waals surface area contributed by atoms with Crippen molar-refractivity contribution in [3.05, 3.63) is 35.4 Å². The van der Waals surface area contributed by atoms with E-state index in [2.05, 4.69) is 22.5 Å². The van der Waals surface area contributed by atoms with Crippen molar-refractivity contribution in [3.63, 3.8) is 0 Å². The van der Waals surface area contributed by atoms with Crippen LogP contribution in [0.2, 0.25) is 0 Å². The summed E-state index contributed by atoms with van der Waals surface area (Å²) in [5.41, 5.74) is 6.58. The molecule has 0 aliphatic carbocycles. The Morgan fingerprint density at radius 1 is 1.24 bits per heavy atom. The first-order valence-electron chi connectivity index (χ1n) is 6.57. The fraction of sp³-hybridized carbons (Fsp3) is 0.333. The van der Waals surface area contributed by atoms with Gasteiger partial charge in [0.2, 0.25) is 0 Å². The lowest BCUT2D eigenvalue weighted by molar-refractivity contribution is 0.0953. The van der Waals surface area contributed by atoms with Gasteiger partial charge in [-0.1, -0.05) is 17.9 Å². The number of carbonyl (C=O) groups excluding carboxylic acids is 2. The van der Waals surface area contributed by atoms with E-state index in [9.17, 15) is 9.59 Å². The van der Waals surface area contributed by atoms with E-state index in [1.807, 2.05) is 6.07 Å². The lowest BCUT2D eigenvalue weighted by Crippen LogP contribution is -2.39. The van der Waals surface area contributed by atoms with Gasteiger partial charge in [-0.3, -0.25) is 4.79 Å². The highest BCUT2D eigenvalue weighted by atomic mass is 16.2. The van der Waals surface area contributed by atoms with Crippen LogP contribution in [0.4, 0.5) is 4.79 Å². The smallest absolute Gasteiger partial charge is 0.316 e. The van der Waals surface area contributed by atoms with E-state index in [-0.39, 0.29) is 18.5 Å². The summed E-state index contributed by atoms with van der Waals surface area (Å²) >= 11 is 0. The Morgan fingerprint density at radius 3 is 2.62 bits per heavy atom. The van der Waals surface area contributed by atoms with Crippen molar-refractivity contribution in [1.29, 1.82) is 0 Å². The molecule has 0 spiro atoms. The molecule has 112 valence electrons. The zero-order chi connectivity index (χ0) is 15.7. The number of nitrogens with one attached hydrogen (secondary N) is 2. The summed E-state index contributed by atoms with van der Waals surface area (Å²) in [6.45, 7) is 1.01. The van der Waals surface area contributed by atoms with Crippen LogP contribution in [0.25, 0.3) is 0 Å². The number of rotatable bonds is 4. The molecule has 0 heterocycles. The van der Waals surface area contributed by atoms with Gasteiger partial charge in [-0.15, -0.1) is 0 Å². The average molecular weight is 288 g/mol. The second-order valence-corrected chi connectivity index (χ2v) is 4.47. The van der Waals surface area contributed by atoms with Gasteiger partial charge in [-0.25, -0.2) is 4.79 Å². The molecule has 1 aromatic carbocycles. The van der Waals surface area contributed by atoms with Crippen LogP contribution in [0.3, 0.4) is 0 Å². The van der Waals surface area contributed by atoms with Crippen LogP contribution in [-0.2, 0) is 0 Å². The molecule has 0 aliphatic rings. The van der Waals surface area contributed by atoms with E-state index in [0.29, 0.717) is 18.7 Å². The summed E-state index contributed by atoms with van der Waals surface area (Å²) in [6, 6.07) is 6.81. The molecule has 1 rings (SSSR count). The predicted molar refractivity (Wildman–Crippen MR) is 81.8 cm³/mol. The zero-order valence-corrected chi connectivity index (χ0v) is 12.3. The summed E-state index contributed by atoms with van der Waals surface area (Å²) in [5, 5.41) is 5.40. The SMILES string of the molecule is CN(C)C(=O)NCCNC(=O)c1cccc(C#CCN)c1. The normalized spacial score (nSPS) is 9.29. The van der Waals surface area contributed by atoms with E-state index in [1.165, 1.54) is 4.90 Å². The monoisotopic (exact) mass is 288 g/mol. The summed E-state index contributed by atoms with van der Waals surface area (Å²) in [4.78, 5) is 24.7. The Bertz CT molecular complexity index is 558. The van der Waals surface area contributed by atoms with Crippen molar-refractivity contribution in [3.8, 4) is 11.8 Å². The third kappa shape index (κ3) is 5.97. The molecular formula is C15H20N4O2. The molecule has 3 amide bonds. The molecule has 0 aliphatic heterocycles. The van der Waals surface area contributed by atoms with Gasteiger partial charge < -0.3 is 21.3 Å². The maximum atomic E-state index is 11.9. The van der Waals surface area contributed by atoms with Crippen LogP contribution in [0.15, 0.2) is 24.3 Å². The van der Waals surface area contributed by atoms with E-state index in [0.717, 1.165) is 5.56 Å². The highest BCUT2D eigenvalue weighted by Gasteiger charge is 2.06. The molecule has 0 atom stereocenters. The van der Waals surface area contributed by atoms with Crippen molar-refractivity contribution in [1.82, 2.24) is 15.5 Å². The number of benzene rings is 1. The first kappa shape index (κ1) is 16.5. The molecule has 0 aromatic heterocycles. The Morgan fingerprint density at radius 2 is 1.95 bits per heavy atom. The molecule has 0 unspecified atom stereocenters. The molecule has 0 fully saturated rings. The molecule has 0 bridgehead atoms. The summed E-state index contributed by atoms with van der Waals surface area (Å²) < 4.78 is 0. The van der Waals surface area contributed by atoms with Gasteiger partial charge in [0.1, 0.15) is 0 Å². The van der Waals surface area contributed by atoms with Gasteiger partial charge >= 0.3 is 6.03 Å². The zero-order valence-electron chi connectivity index (χ0n) is 12.3. The number of nitrogens with zero attached hydrogens (tertiary/aromatic N) is 1. The van der Waals surface area contributed by atoms with Crippen LogP contribution >= 0.6 is 0 Å². The lowest BCUT2D eigenvalue weighted by atomic mass is 10.1. The molecule has 0 radical (unpaired) electrons. The molecule has 1 aromatic rings. The first-order valence-corrected chi connectivity index (χ1v) is 6.57. The highest BCUT2D eigenvalue weighted by molar-refractivity contribution is 5.94. The number of amides is 3. The fourth-order valence-electron chi connectivity index (χ4n) is 1.50. The van der Waals surface area contributed by atoms with Gasteiger partial charge in [0.15, 0.2) is 0 Å². The standard InChI is InChI=1S/C15H20N4O2/c1-19(2)15(21)18-10-9-17-14(20)13-7-3-5-12(11-13)6-4-8-16/h3,5,7,11H,8-10,16H2,1-2H3,(H,17,20)(H,18,21). The van der Waals surface area contributed by atoms with Crippen molar-refractivity contribution < 1.29 is 9.59 Å². The predicted octanol–water partition coefficient (Wildman–Crippen LogP) is -0.00220. The van der Waals surface area contributed by atoms with E-state index in [4.69, 9.17) is 5.73 Å². The number of hydrogen-bond acceptors (Lipinski definition) is 3. The second-order valence-electron chi connectivity index (χ2n) is 4.47. The third-order valence-electron chi connectivity index (χ3n) is 2.55. The Balaban J connectivity index is 2.47. The molecular weight excluding hydrogens is 268 g/mol. The van der Waals surface area contributed by atoms with E-state index in [1.54, 1.807) is 32.3 Å². The van der Waals surface area contributed by atoms with Gasteiger partial charge in [-0.05, 0) is 18.2 Å². The van der Waals surface area contributed by atoms with Crippen molar-refractivity contribution in [2.75, 3.05) is 33.7 Å². The molecule has 6 nitrogen and oxygen atoms in total. The largest absolute Gasteiger partial charge is 0.350 e. The van der Waals surface area contributed by atoms with E-state index < -0.39 is 0 Å². The summed E-state index contributed by atoms with van der Waals surface area (Å²) in [7, 11) is 3.31. The van der Waals surface area contributed by atoms with Crippen molar-refractivity contribution >= 4 is 11.9 Å². The number of carbonyl (C=O) groups is 2. The minimum atomic E-state index is -0.203. The number of hydrogen-bond donors (Lipinski definition) is 3. The van der Waals surface area contributed by atoms with Gasteiger partial charge in [-0.2, -0.15) is 0 Å². The molecule has 4 N–H and O–H groups in total. The Labute approximate surface area is 124 Å². The van der Waals surface area contributed by atoms with Crippen LogP contribution in [0.1, 0.15) is 15.9 Å². The molecule has 6 heteroatoms. The average Bonchev–Trinajstić information content (AvgIpc) is 2.49. The molecule has 21 heavy (non-hydrogen) atoms. The highest BCUT2D eigenvalue weighted by Crippen LogP contribution is 2.03. The minimum Gasteiger partial charge on any atom is -0.350 e. The van der Waals surface area contributed by atoms with Gasteiger partial charge in [0.05, 0.1) is 6.54 Å². The van der Waals surface area contributed by atoms with Gasteiger partial charge in [0.25, 0.3) is 5.91 Å². The maximum absolute atomic E-state index is 11.9. The molecule has 0 saturated carbocycles. The quantitative estimate of drug-likeness (QED) is 0.538. The third-order valence-corrected chi connectivity index (χ3v) is 2.55. The maximum Gasteiger partial charge on any atom is 0.316 e. The second kappa shape index (κ2) is 8.61. The number of nitrogens with two attached hydrogens (primary N) is 1. The topological polar surface area (TPSA) is 87.5 Å². The van der Waals surface area contributed by atoms with Crippen LogP contribution < -0.4 is 16.4 Å². The van der Waals surface area contributed by atoms with Gasteiger partial charge in [0, 0.05) is 38.3 Å². The van der Waals surface area contributed by atoms with E-state index >= 15 is 0 Å². The first-order chi connectivity index (χ1) is 10.0. The summed E-state index contributed by atoms with van der Waals surface area (Å²) in [6.07, 6.45) is 0. The Hall–Kier alpha value is -2.52. The fourth-order valence-corrected chi connectivity index (χ4v) is 1.50. The lowest BCUT2D eigenvalue weighted by Gasteiger charge is -2.12. The molecule has 0 saturated heterocycles. The van der Waals surface area contributed by atoms with Crippen LogP contribution in [-0.4, -0.2) is 50.6 Å². The number of urea groups is 1. The summed E-state index contributed by atoms with van der Waals surface area (Å²) in [5.74, 6) is 5.41. The minimum absolute atomic E-state index is 0.191.